The first-order valence-electron chi connectivity index (χ1n) is 13.4. The fourth-order valence-corrected chi connectivity index (χ4v) is 5.70. The van der Waals surface area contributed by atoms with Crippen LogP contribution in [0, 0.1) is 0 Å². The second-order valence-electron chi connectivity index (χ2n) is 9.88. The summed E-state index contributed by atoms with van der Waals surface area (Å²) in [6.07, 6.45) is 2.71. The van der Waals surface area contributed by atoms with Gasteiger partial charge < -0.3 is 14.7 Å². The predicted molar refractivity (Wildman–Crippen MR) is 145 cm³/mol. The molecular formula is C31H34N2O5. The summed E-state index contributed by atoms with van der Waals surface area (Å²) >= 11 is 0. The van der Waals surface area contributed by atoms with Crippen molar-refractivity contribution in [2.24, 2.45) is 0 Å². The third-order valence-electron chi connectivity index (χ3n) is 7.61. The topological polar surface area (TPSA) is 88.1 Å². The van der Waals surface area contributed by atoms with Crippen LogP contribution >= 0.6 is 0 Å². The molecule has 198 valence electrons. The van der Waals surface area contributed by atoms with Crippen molar-refractivity contribution in [3.8, 4) is 11.1 Å². The van der Waals surface area contributed by atoms with E-state index < -0.39 is 12.4 Å². The third-order valence-corrected chi connectivity index (χ3v) is 7.61. The van der Waals surface area contributed by atoms with Crippen LogP contribution < -0.4 is 5.48 Å². The van der Waals surface area contributed by atoms with Gasteiger partial charge in [0.05, 0.1) is 6.04 Å². The number of hydrogen-bond donors (Lipinski definition) is 2. The van der Waals surface area contributed by atoms with Crippen molar-refractivity contribution in [2.45, 2.75) is 57.3 Å². The highest BCUT2D eigenvalue weighted by molar-refractivity contribution is 5.93. The van der Waals surface area contributed by atoms with Gasteiger partial charge in [0.25, 0.3) is 5.91 Å². The van der Waals surface area contributed by atoms with E-state index in [1.165, 1.54) is 27.2 Å². The van der Waals surface area contributed by atoms with E-state index in [1.54, 1.807) is 12.1 Å². The van der Waals surface area contributed by atoms with Gasteiger partial charge in [-0.3, -0.25) is 4.79 Å². The van der Waals surface area contributed by atoms with Gasteiger partial charge in [0, 0.05) is 31.1 Å². The molecule has 1 saturated heterocycles. The van der Waals surface area contributed by atoms with Crippen molar-refractivity contribution in [2.75, 3.05) is 13.2 Å². The molecule has 0 aromatic heterocycles. The number of hydroxylamine groups is 1. The molecule has 1 aliphatic carbocycles. The van der Waals surface area contributed by atoms with Gasteiger partial charge >= 0.3 is 6.09 Å². The van der Waals surface area contributed by atoms with Crippen LogP contribution in [-0.4, -0.2) is 41.4 Å². The number of benzene rings is 3. The Morgan fingerprint density at radius 1 is 1.00 bits per heavy atom. The van der Waals surface area contributed by atoms with Crippen molar-refractivity contribution < 1.29 is 24.3 Å². The van der Waals surface area contributed by atoms with Gasteiger partial charge in [-0.25, -0.2) is 15.1 Å². The molecule has 0 bridgehead atoms. The Labute approximate surface area is 223 Å². The lowest BCUT2D eigenvalue weighted by molar-refractivity contribution is -0.186. The quantitative estimate of drug-likeness (QED) is 0.318. The highest BCUT2D eigenvalue weighted by atomic mass is 16.8. The van der Waals surface area contributed by atoms with Crippen molar-refractivity contribution in [1.29, 1.82) is 0 Å². The van der Waals surface area contributed by atoms with E-state index >= 15 is 0 Å². The van der Waals surface area contributed by atoms with Gasteiger partial charge in [-0.15, -0.1) is 0 Å². The first-order chi connectivity index (χ1) is 18.6. The minimum atomic E-state index is -0.945. The lowest BCUT2D eigenvalue weighted by Gasteiger charge is -2.30. The second kappa shape index (κ2) is 11.8. The maximum absolute atomic E-state index is 12.5. The maximum Gasteiger partial charge on any atom is 0.407 e. The first kappa shape index (κ1) is 25.9. The third kappa shape index (κ3) is 5.44. The Kier molecular flexibility index (Phi) is 8.05. The van der Waals surface area contributed by atoms with E-state index in [1.807, 2.05) is 31.2 Å². The van der Waals surface area contributed by atoms with Crippen molar-refractivity contribution >= 4 is 12.0 Å². The molecule has 5 rings (SSSR count). The second-order valence-corrected chi connectivity index (χ2v) is 9.88. The van der Waals surface area contributed by atoms with Gasteiger partial charge in [-0.2, -0.15) is 0 Å². The number of carbonyl (C=O) groups is 2. The predicted octanol–water partition coefficient (Wildman–Crippen LogP) is 6.51. The summed E-state index contributed by atoms with van der Waals surface area (Å²) in [5.41, 5.74) is 8.74. The SMILES string of the molecule is CCC(c1ccc(C(=O)NOC2CCCCO2)cc1)N(CCC1c2ccccc2-c2ccccc21)C(=O)O. The van der Waals surface area contributed by atoms with Crippen LogP contribution in [0.4, 0.5) is 4.79 Å². The lowest BCUT2D eigenvalue weighted by Crippen LogP contribution is -2.35. The first-order valence-corrected chi connectivity index (χ1v) is 13.4. The highest BCUT2D eigenvalue weighted by Gasteiger charge is 2.30. The molecule has 1 aliphatic heterocycles. The molecule has 0 radical (unpaired) electrons. The van der Waals surface area contributed by atoms with Crippen LogP contribution in [0.25, 0.3) is 11.1 Å². The Morgan fingerprint density at radius 2 is 1.66 bits per heavy atom. The molecule has 3 aromatic rings. The molecule has 2 aliphatic rings. The van der Waals surface area contributed by atoms with Crippen LogP contribution in [0.3, 0.4) is 0 Å². The van der Waals surface area contributed by atoms with Gasteiger partial charge in [0.2, 0.25) is 0 Å². The standard InChI is InChI=1S/C31H34N2O5/c1-2-28(21-14-16-22(17-15-21)30(34)32-38-29-13-7-8-20-37-29)33(31(35)36)19-18-27-25-11-5-3-9-23(25)24-10-4-6-12-26(24)27/h3-6,9-12,14-17,27-29H,2,7-8,13,18-20H2,1H3,(H,32,34)(H,35,36). The zero-order valence-electron chi connectivity index (χ0n) is 21.6. The number of carbonyl (C=O) groups excluding carboxylic acids is 1. The maximum atomic E-state index is 12.5. The highest BCUT2D eigenvalue weighted by Crippen LogP contribution is 2.46. The zero-order valence-corrected chi connectivity index (χ0v) is 21.6. The Bertz CT molecular complexity index is 1220. The number of amides is 2. The largest absolute Gasteiger partial charge is 0.465 e. The van der Waals surface area contributed by atoms with E-state index in [2.05, 4.69) is 41.9 Å². The number of carboxylic acid groups (broad SMARTS) is 1. The number of hydrogen-bond acceptors (Lipinski definition) is 4. The minimum Gasteiger partial charge on any atom is -0.465 e. The molecule has 2 atom stereocenters. The van der Waals surface area contributed by atoms with Gasteiger partial charge in [0.1, 0.15) is 0 Å². The molecule has 2 unspecified atom stereocenters. The van der Waals surface area contributed by atoms with E-state index in [0.717, 1.165) is 24.8 Å². The molecular weight excluding hydrogens is 480 g/mol. The molecule has 38 heavy (non-hydrogen) atoms. The Hall–Kier alpha value is -3.68. The molecule has 7 nitrogen and oxygen atoms in total. The number of nitrogens with one attached hydrogen (secondary N) is 1. The summed E-state index contributed by atoms with van der Waals surface area (Å²) in [5, 5.41) is 10.2. The smallest absolute Gasteiger partial charge is 0.407 e. The monoisotopic (exact) mass is 514 g/mol. The average molecular weight is 515 g/mol. The zero-order chi connectivity index (χ0) is 26.5. The average Bonchev–Trinajstić information content (AvgIpc) is 3.28. The van der Waals surface area contributed by atoms with E-state index in [-0.39, 0.29) is 17.9 Å². The van der Waals surface area contributed by atoms with Crippen molar-refractivity contribution in [1.82, 2.24) is 10.4 Å². The lowest BCUT2D eigenvalue weighted by atomic mass is 9.92. The van der Waals surface area contributed by atoms with Crippen LogP contribution in [0.15, 0.2) is 72.8 Å². The summed E-state index contributed by atoms with van der Waals surface area (Å²) in [6.45, 7) is 3.02. The fraction of sp³-hybridized carbons (Fsp3) is 0.355. The fourth-order valence-electron chi connectivity index (χ4n) is 5.70. The molecule has 0 spiro atoms. The summed E-state index contributed by atoms with van der Waals surface area (Å²) in [5.74, 6) is -0.201. The molecule has 1 fully saturated rings. The summed E-state index contributed by atoms with van der Waals surface area (Å²) in [6, 6.07) is 23.5. The van der Waals surface area contributed by atoms with Crippen molar-refractivity contribution in [3.63, 3.8) is 0 Å². The number of nitrogens with zero attached hydrogens (tertiary/aromatic N) is 1. The van der Waals surface area contributed by atoms with E-state index in [4.69, 9.17) is 9.57 Å². The summed E-state index contributed by atoms with van der Waals surface area (Å²) in [7, 11) is 0. The minimum absolute atomic E-state index is 0.154. The van der Waals surface area contributed by atoms with Crippen molar-refractivity contribution in [3.05, 3.63) is 95.1 Å². The molecule has 2 amide bonds. The number of ether oxygens (including phenoxy) is 1. The van der Waals surface area contributed by atoms with Crippen LogP contribution in [0.2, 0.25) is 0 Å². The molecule has 7 heteroatoms. The summed E-state index contributed by atoms with van der Waals surface area (Å²) in [4.78, 5) is 31.9. The van der Waals surface area contributed by atoms with E-state index in [9.17, 15) is 14.7 Å². The molecule has 1 heterocycles. The van der Waals surface area contributed by atoms with Gasteiger partial charge in [-0.1, -0.05) is 67.6 Å². The number of rotatable bonds is 9. The van der Waals surface area contributed by atoms with Gasteiger partial charge in [0.15, 0.2) is 6.29 Å². The molecule has 0 saturated carbocycles. The molecule has 2 N–H and O–H groups in total. The Morgan fingerprint density at radius 3 is 2.24 bits per heavy atom. The Balaban J connectivity index is 1.27. The van der Waals surface area contributed by atoms with Crippen LogP contribution in [-0.2, 0) is 9.57 Å². The van der Waals surface area contributed by atoms with E-state index in [0.29, 0.717) is 31.6 Å². The van der Waals surface area contributed by atoms with Gasteiger partial charge in [-0.05, 0) is 65.6 Å². The number of fused-ring (bicyclic) bond motifs is 3. The van der Waals surface area contributed by atoms with Crippen LogP contribution in [0.5, 0.6) is 0 Å². The molecule has 3 aromatic carbocycles. The normalized spacial score (nSPS) is 17.3. The summed E-state index contributed by atoms with van der Waals surface area (Å²) < 4.78 is 5.48. The van der Waals surface area contributed by atoms with Crippen LogP contribution in [0.1, 0.15) is 78.0 Å².